The highest BCUT2D eigenvalue weighted by molar-refractivity contribution is 5.69. The SMILES string of the molecule is C#C.C=C1CCC(CC(=O)O)CCC(C)CC/C=C\CCC(=O)OC1. The minimum Gasteiger partial charge on any atom is -0.481 e. The highest BCUT2D eigenvalue weighted by Gasteiger charge is 2.16. The molecule has 0 bridgehead atoms. The number of hydrogen-bond donors (Lipinski definition) is 1. The number of cyclic esters (lactones) is 1. The number of allylic oxidation sites excluding steroid dienone is 2. The summed E-state index contributed by atoms with van der Waals surface area (Å²) in [6.07, 6.45) is 19.1. The Morgan fingerprint density at radius 2 is 1.88 bits per heavy atom. The number of aliphatic carboxylic acids is 1. The third-order valence-corrected chi connectivity index (χ3v) is 4.38. The summed E-state index contributed by atoms with van der Waals surface area (Å²) in [7, 11) is 0. The van der Waals surface area contributed by atoms with Gasteiger partial charge >= 0.3 is 11.9 Å². The predicted molar refractivity (Wildman–Crippen MR) is 101 cm³/mol. The van der Waals surface area contributed by atoms with Gasteiger partial charge in [-0.3, -0.25) is 9.59 Å². The van der Waals surface area contributed by atoms with Gasteiger partial charge in [0.05, 0.1) is 0 Å². The molecule has 4 nitrogen and oxygen atoms in total. The van der Waals surface area contributed by atoms with Crippen LogP contribution in [0.25, 0.3) is 0 Å². The molecule has 1 aliphatic heterocycles. The molecule has 25 heavy (non-hydrogen) atoms. The van der Waals surface area contributed by atoms with Crippen molar-refractivity contribution in [3.05, 3.63) is 24.3 Å². The van der Waals surface area contributed by atoms with Crippen LogP contribution in [0.4, 0.5) is 0 Å². The lowest BCUT2D eigenvalue weighted by Gasteiger charge is -2.18. The van der Waals surface area contributed by atoms with Gasteiger partial charge in [0, 0.05) is 12.8 Å². The molecule has 1 aliphatic rings. The molecule has 2 unspecified atom stereocenters. The Morgan fingerprint density at radius 3 is 2.56 bits per heavy atom. The Bertz CT molecular complexity index is 462. The number of terminal acetylenes is 1. The minimum absolute atomic E-state index is 0.172. The van der Waals surface area contributed by atoms with E-state index in [1.54, 1.807) is 0 Å². The first-order valence-corrected chi connectivity index (χ1v) is 8.99. The summed E-state index contributed by atoms with van der Waals surface area (Å²) in [5, 5.41) is 9.07. The Labute approximate surface area is 152 Å². The Balaban J connectivity index is 0.00000277. The van der Waals surface area contributed by atoms with Crippen molar-refractivity contribution in [2.24, 2.45) is 11.8 Å². The number of hydrogen-bond acceptors (Lipinski definition) is 3. The van der Waals surface area contributed by atoms with Gasteiger partial charge in [-0.1, -0.05) is 32.1 Å². The van der Waals surface area contributed by atoms with E-state index >= 15 is 0 Å². The maximum absolute atomic E-state index is 11.6. The fourth-order valence-electron chi connectivity index (χ4n) is 2.81. The van der Waals surface area contributed by atoms with Crippen molar-refractivity contribution < 1.29 is 19.4 Å². The highest BCUT2D eigenvalue weighted by atomic mass is 16.5. The maximum Gasteiger partial charge on any atom is 0.306 e. The standard InChI is InChI=1S/C19H30O4.C2H2/c1-15-7-5-3-4-6-8-19(22)23-14-16(2)10-12-17(11-9-15)13-18(20)21;1-2/h3-4,15,17H,2,5-14H2,1H3,(H,20,21);1-2H/b4-3-;. The molecule has 0 aromatic heterocycles. The van der Waals surface area contributed by atoms with Gasteiger partial charge in [-0.05, 0) is 55.9 Å². The van der Waals surface area contributed by atoms with Gasteiger partial charge in [0.25, 0.3) is 0 Å². The quantitative estimate of drug-likeness (QED) is 0.444. The van der Waals surface area contributed by atoms with Crippen molar-refractivity contribution in [2.75, 3.05) is 6.61 Å². The van der Waals surface area contributed by atoms with E-state index in [1.165, 1.54) is 0 Å². The highest BCUT2D eigenvalue weighted by Crippen LogP contribution is 2.24. The third kappa shape index (κ3) is 13.0. The summed E-state index contributed by atoms with van der Waals surface area (Å²) < 4.78 is 5.20. The van der Waals surface area contributed by atoms with Gasteiger partial charge in [0.2, 0.25) is 0 Å². The van der Waals surface area contributed by atoms with Crippen molar-refractivity contribution in [3.63, 3.8) is 0 Å². The van der Waals surface area contributed by atoms with Gasteiger partial charge in [-0.25, -0.2) is 0 Å². The van der Waals surface area contributed by atoms with E-state index in [2.05, 4.69) is 32.4 Å². The van der Waals surface area contributed by atoms with Gasteiger partial charge in [0.1, 0.15) is 6.61 Å². The molecule has 4 heteroatoms. The summed E-state index contributed by atoms with van der Waals surface area (Å²) >= 11 is 0. The normalized spacial score (nSPS) is 25.1. The van der Waals surface area contributed by atoms with Gasteiger partial charge in [-0.2, -0.15) is 0 Å². The Kier molecular flexibility index (Phi) is 13.2. The number of carboxylic acid groups (broad SMARTS) is 1. The smallest absolute Gasteiger partial charge is 0.306 e. The van der Waals surface area contributed by atoms with Crippen molar-refractivity contribution in [2.45, 2.75) is 64.7 Å². The average Bonchev–Trinajstić information content (AvgIpc) is 2.59. The second-order valence-electron chi connectivity index (χ2n) is 6.68. The summed E-state index contributed by atoms with van der Waals surface area (Å²) in [4.78, 5) is 22.6. The monoisotopic (exact) mass is 348 g/mol. The number of carbonyl (C=O) groups is 2. The van der Waals surface area contributed by atoms with Crippen LogP contribution in [0.1, 0.15) is 64.7 Å². The van der Waals surface area contributed by atoms with Crippen LogP contribution in [0, 0.1) is 24.7 Å². The third-order valence-electron chi connectivity index (χ3n) is 4.38. The lowest BCUT2D eigenvalue weighted by atomic mass is 9.88. The first kappa shape index (κ1) is 23.0. The molecule has 0 spiro atoms. The summed E-state index contributed by atoms with van der Waals surface area (Å²) in [5.74, 6) is -0.168. The summed E-state index contributed by atoms with van der Waals surface area (Å²) in [6.45, 7) is 6.42. The predicted octanol–water partition coefficient (Wildman–Crippen LogP) is 4.75. The van der Waals surface area contributed by atoms with Crippen molar-refractivity contribution >= 4 is 11.9 Å². The van der Waals surface area contributed by atoms with Crippen LogP contribution >= 0.6 is 0 Å². The second kappa shape index (κ2) is 14.3. The van der Waals surface area contributed by atoms with Crippen LogP contribution in [0.2, 0.25) is 0 Å². The van der Waals surface area contributed by atoms with Crippen LogP contribution in [-0.2, 0) is 14.3 Å². The molecule has 0 aromatic rings. The molecule has 1 N–H and O–H groups in total. The van der Waals surface area contributed by atoms with Crippen molar-refractivity contribution in [3.8, 4) is 12.8 Å². The molecule has 0 saturated carbocycles. The molecule has 140 valence electrons. The zero-order chi connectivity index (χ0) is 19.1. The van der Waals surface area contributed by atoms with Crippen LogP contribution in [0.3, 0.4) is 0 Å². The minimum atomic E-state index is -0.739. The van der Waals surface area contributed by atoms with E-state index in [0.29, 0.717) is 12.3 Å². The number of rotatable bonds is 2. The fourth-order valence-corrected chi connectivity index (χ4v) is 2.81. The van der Waals surface area contributed by atoms with Gasteiger partial charge in [-0.15, -0.1) is 12.8 Å². The molecule has 2 atom stereocenters. The molecule has 0 saturated heterocycles. The molecule has 0 radical (unpaired) electrons. The van der Waals surface area contributed by atoms with Crippen molar-refractivity contribution in [1.29, 1.82) is 0 Å². The van der Waals surface area contributed by atoms with Gasteiger partial charge in [0.15, 0.2) is 0 Å². The number of carbonyl (C=O) groups excluding carboxylic acids is 1. The zero-order valence-electron chi connectivity index (χ0n) is 15.4. The number of esters is 1. The molecular formula is C21H32O4. The van der Waals surface area contributed by atoms with E-state index < -0.39 is 5.97 Å². The van der Waals surface area contributed by atoms with E-state index in [1.807, 2.05) is 6.08 Å². The Hall–Kier alpha value is -2.02. The first-order valence-electron chi connectivity index (χ1n) is 8.99. The van der Waals surface area contributed by atoms with E-state index in [4.69, 9.17) is 9.84 Å². The molecule has 0 aliphatic carbocycles. The molecule has 0 aromatic carbocycles. The fraction of sp³-hybridized carbons (Fsp3) is 0.619. The molecule has 1 rings (SSSR count). The lowest BCUT2D eigenvalue weighted by molar-refractivity contribution is -0.142. The Morgan fingerprint density at radius 1 is 1.20 bits per heavy atom. The maximum atomic E-state index is 11.6. The van der Waals surface area contributed by atoms with E-state index in [0.717, 1.165) is 50.5 Å². The lowest BCUT2D eigenvalue weighted by Crippen LogP contribution is -2.12. The average molecular weight is 348 g/mol. The van der Waals surface area contributed by atoms with E-state index in [-0.39, 0.29) is 24.9 Å². The topological polar surface area (TPSA) is 63.6 Å². The van der Waals surface area contributed by atoms with E-state index in [9.17, 15) is 9.59 Å². The van der Waals surface area contributed by atoms with Crippen LogP contribution < -0.4 is 0 Å². The zero-order valence-corrected chi connectivity index (χ0v) is 15.4. The number of ether oxygens (including phenoxy) is 1. The summed E-state index contributed by atoms with van der Waals surface area (Å²) in [6, 6.07) is 0. The molecular weight excluding hydrogens is 316 g/mol. The van der Waals surface area contributed by atoms with Crippen LogP contribution in [-0.4, -0.2) is 23.7 Å². The second-order valence-corrected chi connectivity index (χ2v) is 6.68. The van der Waals surface area contributed by atoms with Gasteiger partial charge < -0.3 is 9.84 Å². The molecule has 1 heterocycles. The summed E-state index contributed by atoms with van der Waals surface area (Å²) in [5.41, 5.74) is 0.865. The van der Waals surface area contributed by atoms with Crippen molar-refractivity contribution in [1.82, 2.24) is 0 Å². The first-order chi connectivity index (χ1) is 12.0. The molecule has 0 amide bonds. The molecule has 0 fully saturated rings. The van der Waals surface area contributed by atoms with Crippen LogP contribution in [0.5, 0.6) is 0 Å². The number of carboxylic acids is 1. The largest absolute Gasteiger partial charge is 0.481 e. The van der Waals surface area contributed by atoms with Crippen LogP contribution in [0.15, 0.2) is 24.3 Å².